The molecule has 0 radical (unpaired) electrons. The molecule has 0 aliphatic carbocycles. The van der Waals surface area contributed by atoms with Gasteiger partial charge in [-0.25, -0.2) is 4.98 Å². The molecule has 1 aromatic heterocycles. The second-order valence-corrected chi connectivity index (χ2v) is 5.90. The van der Waals surface area contributed by atoms with Crippen molar-refractivity contribution in [3.8, 4) is 0 Å². The molecule has 4 heteroatoms. The maximum absolute atomic E-state index is 12.1. The fourth-order valence-corrected chi connectivity index (χ4v) is 2.06. The molecule has 0 saturated heterocycles. The smallest absolute Gasteiger partial charge is 0.240 e. The Morgan fingerprint density at radius 2 is 1.90 bits per heavy atom. The van der Waals surface area contributed by atoms with Crippen LogP contribution in [0.4, 0.5) is 0 Å². The van der Waals surface area contributed by atoms with Gasteiger partial charge in [0.2, 0.25) is 5.91 Å². The molecule has 0 unspecified atom stereocenters. The molecule has 0 aliphatic rings. The minimum Gasteiger partial charge on any atom is -0.352 e. The van der Waals surface area contributed by atoms with Crippen molar-refractivity contribution in [1.29, 1.82) is 0 Å². The van der Waals surface area contributed by atoms with E-state index in [1.807, 2.05) is 11.5 Å². The van der Waals surface area contributed by atoms with Gasteiger partial charge in [-0.3, -0.25) is 4.79 Å². The van der Waals surface area contributed by atoms with E-state index in [9.17, 15) is 4.79 Å². The number of imidazole rings is 1. The lowest BCUT2D eigenvalue weighted by Crippen LogP contribution is -2.38. The van der Waals surface area contributed by atoms with E-state index in [2.05, 4.69) is 50.1 Å². The van der Waals surface area contributed by atoms with Gasteiger partial charge in [0.1, 0.15) is 6.54 Å². The normalized spacial score (nSPS) is 12.9. The van der Waals surface area contributed by atoms with Crippen molar-refractivity contribution in [2.24, 2.45) is 5.92 Å². The Morgan fingerprint density at radius 3 is 2.55 bits per heavy atom. The van der Waals surface area contributed by atoms with E-state index in [1.165, 1.54) is 11.1 Å². The molecule has 2 rings (SSSR count). The molecular weight excluding hydrogens is 250 g/mol. The van der Waals surface area contributed by atoms with E-state index in [-0.39, 0.29) is 11.9 Å². The van der Waals surface area contributed by atoms with E-state index in [0.717, 1.165) is 11.0 Å². The summed E-state index contributed by atoms with van der Waals surface area (Å²) in [5.41, 5.74) is 4.40. The molecule has 0 saturated carbocycles. The number of fused-ring (bicyclic) bond motifs is 1. The van der Waals surface area contributed by atoms with Gasteiger partial charge in [-0.15, -0.1) is 0 Å². The van der Waals surface area contributed by atoms with E-state index in [0.29, 0.717) is 12.5 Å². The summed E-state index contributed by atoms with van der Waals surface area (Å²) < 4.78 is 1.91. The number of hydrogen-bond acceptors (Lipinski definition) is 2. The van der Waals surface area contributed by atoms with Gasteiger partial charge in [-0.05, 0) is 49.9 Å². The molecule has 2 aromatic rings. The number of carbonyl (C=O) groups is 1. The first kappa shape index (κ1) is 14.6. The third-order valence-corrected chi connectivity index (χ3v) is 3.94. The lowest BCUT2D eigenvalue weighted by molar-refractivity contribution is -0.122. The zero-order valence-electron chi connectivity index (χ0n) is 12.9. The second-order valence-electron chi connectivity index (χ2n) is 5.90. The number of hydrogen-bond donors (Lipinski definition) is 1. The Bertz CT molecular complexity index is 628. The van der Waals surface area contributed by atoms with Crippen LogP contribution in [0, 0.1) is 19.8 Å². The SMILES string of the molecule is Cc1cc2ncn(CC(=O)N[C@@H](C)C(C)C)c2cc1C. The van der Waals surface area contributed by atoms with E-state index >= 15 is 0 Å². The van der Waals surface area contributed by atoms with Crippen molar-refractivity contribution < 1.29 is 4.79 Å². The number of aryl methyl sites for hydroxylation is 2. The number of nitrogens with one attached hydrogen (secondary N) is 1. The van der Waals surface area contributed by atoms with Gasteiger partial charge in [0.05, 0.1) is 17.4 Å². The number of aromatic nitrogens is 2. The van der Waals surface area contributed by atoms with Crippen LogP contribution in [0.5, 0.6) is 0 Å². The molecule has 0 spiro atoms. The van der Waals surface area contributed by atoms with Crippen molar-refractivity contribution in [2.45, 2.75) is 47.2 Å². The predicted octanol–water partition coefficient (Wildman–Crippen LogP) is 2.81. The summed E-state index contributed by atoms with van der Waals surface area (Å²) in [4.78, 5) is 16.4. The Balaban J connectivity index is 2.18. The van der Waals surface area contributed by atoms with Crippen LogP contribution in [0.3, 0.4) is 0 Å². The van der Waals surface area contributed by atoms with Gasteiger partial charge in [-0.2, -0.15) is 0 Å². The largest absolute Gasteiger partial charge is 0.352 e. The van der Waals surface area contributed by atoms with Crippen LogP contribution in [0.1, 0.15) is 31.9 Å². The third kappa shape index (κ3) is 3.00. The number of carbonyl (C=O) groups excluding carboxylic acids is 1. The second kappa shape index (κ2) is 5.65. The zero-order chi connectivity index (χ0) is 14.9. The molecule has 1 atom stereocenters. The first-order valence-corrected chi connectivity index (χ1v) is 7.10. The summed E-state index contributed by atoms with van der Waals surface area (Å²) >= 11 is 0. The lowest BCUT2D eigenvalue weighted by atomic mass is 10.1. The lowest BCUT2D eigenvalue weighted by Gasteiger charge is -2.17. The van der Waals surface area contributed by atoms with Crippen molar-refractivity contribution in [3.05, 3.63) is 29.6 Å². The van der Waals surface area contributed by atoms with Gasteiger partial charge in [-0.1, -0.05) is 13.8 Å². The highest BCUT2D eigenvalue weighted by molar-refractivity contribution is 5.81. The Hall–Kier alpha value is -1.84. The highest BCUT2D eigenvalue weighted by atomic mass is 16.2. The number of rotatable bonds is 4. The van der Waals surface area contributed by atoms with Crippen molar-refractivity contribution in [2.75, 3.05) is 0 Å². The van der Waals surface area contributed by atoms with Gasteiger partial charge >= 0.3 is 0 Å². The Kier molecular flexibility index (Phi) is 4.12. The molecule has 1 amide bonds. The quantitative estimate of drug-likeness (QED) is 0.931. The van der Waals surface area contributed by atoms with Crippen LogP contribution < -0.4 is 5.32 Å². The monoisotopic (exact) mass is 273 g/mol. The predicted molar refractivity (Wildman–Crippen MR) is 81.6 cm³/mol. The standard InChI is InChI=1S/C16H23N3O/c1-10(2)13(5)18-16(20)8-19-9-17-14-6-11(3)12(4)7-15(14)19/h6-7,9-10,13H,8H2,1-5H3,(H,18,20)/t13-/m0/s1. The van der Waals surface area contributed by atoms with E-state index in [4.69, 9.17) is 0 Å². The molecule has 0 aliphatic heterocycles. The summed E-state index contributed by atoms with van der Waals surface area (Å²) in [6, 6.07) is 4.34. The van der Waals surface area contributed by atoms with Crippen molar-refractivity contribution in [1.82, 2.24) is 14.9 Å². The minimum absolute atomic E-state index is 0.0312. The summed E-state index contributed by atoms with van der Waals surface area (Å²) in [5, 5.41) is 3.02. The molecule has 1 heterocycles. The van der Waals surface area contributed by atoms with Gasteiger partial charge < -0.3 is 9.88 Å². The number of benzene rings is 1. The summed E-state index contributed by atoms with van der Waals surface area (Å²) in [7, 11) is 0. The molecule has 1 N–H and O–H groups in total. The maximum Gasteiger partial charge on any atom is 0.240 e. The fourth-order valence-electron chi connectivity index (χ4n) is 2.06. The van der Waals surface area contributed by atoms with Gasteiger partial charge in [0.15, 0.2) is 0 Å². The number of nitrogens with zero attached hydrogens (tertiary/aromatic N) is 2. The summed E-state index contributed by atoms with van der Waals surface area (Å²) in [5.74, 6) is 0.465. The third-order valence-electron chi connectivity index (χ3n) is 3.94. The fraction of sp³-hybridized carbons (Fsp3) is 0.500. The average Bonchev–Trinajstić information content (AvgIpc) is 2.72. The first-order valence-electron chi connectivity index (χ1n) is 7.10. The van der Waals surface area contributed by atoms with Gasteiger partial charge in [0.25, 0.3) is 0 Å². The minimum atomic E-state index is 0.0312. The summed E-state index contributed by atoms with van der Waals surface area (Å²) in [6.07, 6.45) is 1.74. The Labute approximate surface area is 120 Å². The van der Waals surface area contributed by atoms with Crippen LogP contribution in [-0.4, -0.2) is 21.5 Å². The van der Waals surface area contributed by atoms with Crippen molar-refractivity contribution >= 4 is 16.9 Å². The molecule has 20 heavy (non-hydrogen) atoms. The molecule has 4 nitrogen and oxygen atoms in total. The van der Waals surface area contributed by atoms with Crippen LogP contribution in [0.2, 0.25) is 0 Å². The average molecular weight is 273 g/mol. The van der Waals surface area contributed by atoms with E-state index in [1.54, 1.807) is 6.33 Å². The molecular formula is C16H23N3O. The van der Waals surface area contributed by atoms with Crippen LogP contribution >= 0.6 is 0 Å². The van der Waals surface area contributed by atoms with Crippen LogP contribution in [0.15, 0.2) is 18.5 Å². The molecule has 108 valence electrons. The zero-order valence-corrected chi connectivity index (χ0v) is 12.9. The number of amides is 1. The van der Waals surface area contributed by atoms with E-state index < -0.39 is 0 Å². The summed E-state index contributed by atoms with van der Waals surface area (Å²) in [6.45, 7) is 10.7. The topological polar surface area (TPSA) is 46.9 Å². The van der Waals surface area contributed by atoms with Crippen molar-refractivity contribution in [3.63, 3.8) is 0 Å². The van der Waals surface area contributed by atoms with Gasteiger partial charge in [0, 0.05) is 6.04 Å². The first-order chi connectivity index (χ1) is 9.38. The highest BCUT2D eigenvalue weighted by Crippen LogP contribution is 2.18. The molecule has 0 fully saturated rings. The highest BCUT2D eigenvalue weighted by Gasteiger charge is 2.12. The van der Waals surface area contributed by atoms with Crippen LogP contribution in [-0.2, 0) is 11.3 Å². The molecule has 1 aromatic carbocycles. The Morgan fingerprint density at radius 1 is 1.25 bits per heavy atom. The van der Waals surface area contributed by atoms with Crippen LogP contribution in [0.25, 0.3) is 11.0 Å². The maximum atomic E-state index is 12.1. The molecule has 0 bridgehead atoms.